The van der Waals surface area contributed by atoms with Crippen LogP contribution in [0.15, 0.2) is 24.3 Å². The van der Waals surface area contributed by atoms with E-state index in [4.69, 9.17) is 0 Å². The van der Waals surface area contributed by atoms with Crippen molar-refractivity contribution in [3.05, 3.63) is 30.1 Å². The summed E-state index contributed by atoms with van der Waals surface area (Å²) in [5.41, 5.74) is 0.992. The van der Waals surface area contributed by atoms with Gasteiger partial charge in [0, 0.05) is 31.4 Å². The summed E-state index contributed by atoms with van der Waals surface area (Å²) in [5.74, 6) is -0.157. The third-order valence-corrected chi connectivity index (χ3v) is 3.61. The van der Waals surface area contributed by atoms with E-state index in [0.717, 1.165) is 38.3 Å². The highest BCUT2D eigenvalue weighted by molar-refractivity contribution is 5.46. The predicted octanol–water partition coefficient (Wildman–Crippen LogP) is 1.56. The van der Waals surface area contributed by atoms with Crippen molar-refractivity contribution in [3.8, 4) is 0 Å². The molecule has 1 N–H and O–H groups in total. The van der Waals surface area contributed by atoms with E-state index >= 15 is 0 Å². The van der Waals surface area contributed by atoms with Crippen molar-refractivity contribution in [3.63, 3.8) is 0 Å². The number of rotatable bonds is 3. The maximum absolute atomic E-state index is 13.3. The molecule has 0 radical (unpaired) electrons. The Labute approximate surface area is 109 Å². The molecule has 1 unspecified atom stereocenters. The first-order valence-corrected chi connectivity index (χ1v) is 6.56. The van der Waals surface area contributed by atoms with Crippen LogP contribution in [0.2, 0.25) is 0 Å². The van der Waals surface area contributed by atoms with Crippen LogP contribution < -0.4 is 10.2 Å². The predicted molar refractivity (Wildman–Crippen MR) is 73.6 cm³/mol. The van der Waals surface area contributed by atoms with Gasteiger partial charge in [0.05, 0.1) is 0 Å². The van der Waals surface area contributed by atoms with Crippen molar-refractivity contribution in [2.45, 2.75) is 12.5 Å². The Morgan fingerprint density at radius 1 is 1.39 bits per heavy atom. The number of nitrogens with zero attached hydrogens (tertiary/aromatic N) is 2. The molecule has 0 aliphatic carbocycles. The van der Waals surface area contributed by atoms with Gasteiger partial charge < -0.3 is 15.1 Å². The standard InChI is InChI=1S/C14H22FN3/c1-16-10-14-11-18(8-4-7-17(14)2)13-6-3-5-12(15)9-13/h3,5-6,9,14,16H,4,7-8,10-11H2,1-2H3. The Balaban J connectivity index is 2.12. The van der Waals surface area contributed by atoms with Crippen LogP contribution >= 0.6 is 0 Å². The van der Waals surface area contributed by atoms with Crippen LogP contribution in [0, 0.1) is 5.82 Å². The van der Waals surface area contributed by atoms with E-state index in [9.17, 15) is 4.39 Å². The normalized spacial score (nSPS) is 21.9. The first-order chi connectivity index (χ1) is 8.70. The van der Waals surface area contributed by atoms with Crippen molar-refractivity contribution in [1.29, 1.82) is 0 Å². The maximum atomic E-state index is 13.3. The van der Waals surface area contributed by atoms with Crippen LogP contribution in [0.3, 0.4) is 0 Å². The summed E-state index contributed by atoms with van der Waals surface area (Å²) < 4.78 is 13.3. The van der Waals surface area contributed by atoms with E-state index in [-0.39, 0.29) is 5.82 Å². The molecule has 18 heavy (non-hydrogen) atoms. The van der Waals surface area contributed by atoms with E-state index < -0.39 is 0 Å². The van der Waals surface area contributed by atoms with Gasteiger partial charge >= 0.3 is 0 Å². The fraction of sp³-hybridized carbons (Fsp3) is 0.571. The second-order valence-corrected chi connectivity index (χ2v) is 4.97. The van der Waals surface area contributed by atoms with Crippen LogP contribution in [0.4, 0.5) is 10.1 Å². The summed E-state index contributed by atoms with van der Waals surface area (Å²) in [4.78, 5) is 4.67. The van der Waals surface area contributed by atoms with Crippen LogP contribution in [0.1, 0.15) is 6.42 Å². The molecule has 100 valence electrons. The summed E-state index contributed by atoms with van der Waals surface area (Å²) >= 11 is 0. The molecular weight excluding hydrogens is 229 g/mol. The number of likely N-dealkylation sites (N-methyl/N-ethyl adjacent to an activating group) is 2. The van der Waals surface area contributed by atoms with Gasteiger partial charge in [0.2, 0.25) is 0 Å². The molecule has 0 amide bonds. The topological polar surface area (TPSA) is 18.5 Å². The number of hydrogen-bond donors (Lipinski definition) is 1. The molecule has 1 saturated heterocycles. The first-order valence-electron chi connectivity index (χ1n) is 6.56. The molecule has 1 atom stereocenters. The van der Waals surface area contributed by atoms with Gasteiger partial charge in [0.1, 0.15) is 5.82 Å². The SMILES string of the molecule is CNCC1CN(c2cccc(F)c2)CCCN1C. The minimum Gasteiger partial charge on any atom is -0.370 e. The highest BCUT2D eigenvalue weighted by Crippen LogP contribution is 2.19. The Morgan fingerprint density at radius 2 is 2.22 bits per heavy atom. The summed E-state index contributed by atoms with van der Waals surface area (Å²) in [6.07, 6.45) is 1.12. The molecule has 2 rings (SSSR count). The zero-order valence-corrected chi connectivity index (χ0v) is 11.2. The minimum absolute atomic E-state index is 0.157. The molecule has 4 heteroatoms. The van der Waals surface area contributed by atoms with Crippen LogP contribution in [0.5, 0.6) is 0 Å². The first kappa shape index (κ1) is 13.3. The van der Waals surface area contributed by atoms with Crippen LogP contribution in [-0.2, 0) is 0 Å². The molecule has 1 heterocycles. The van der Waals surface area contributed by atoms with Crippen LogP contribution in [0.25, 0.3) is 0 Å². The van der Waals surface area contributed by atoms with Gasteiger partial charge in [0.25, 0.3) is 0 Å². The average molecular weight is 251 g/mol. The molecule has 3 nitrogen and oxygen atoms in total. The lowest BCUT2D eigenvalue weighted by Crippen LogP contribution is -2.44. The van der Waals surface area contributed by atoms with Gasteiger partial charge in [-0.15, -0.1) is 0 Å². The fourth-order valence-corrected chi connectivity index (χ4v) is 2.54. The fourth-order valence-electron chi connectivity index (χ4n) is 2.54. The second-order valence-electron chi connectivity index (χ2n) is 4.97. The van der Waals surface area contributed by atoms with E-state index in [1.165, 1.54) is 6.07 Å². The highest BCUT2D eigenvalue weighted by atomic mass is 19.1. The van der Waals surface area contributed by atoms with E-state index in [0.29, 0.717) is 6.04 Å². The monoisotopic (exact) mass is 251 g/mol. The van der Waals surface area contributed by atoms with E-state index in [2.05, 4.69) is 22.2 Å². The molecule has 1 aliphatic rings. The molecule has 1 aromatic rings. The Kier molecular flexibility index (Phi) is 4.55. The molecule has 1 aliphatic heterocycles. The van der Waals surface area contributed by atoms with Gasteiger partial charge in [-0.05, 0) is 45.3 Å². The molecule has 0 aromatic heterocycles. The van der Waals surface area contributed by atoms with Gasteiger partial charge in [0.15, 0.2) is 0 Å². The van der Waals surface area contributed by atoms with Crippen molar-refractivity contribution >= 4 is 5.69 Å². The lowest BCUT2D eigenvalue weighted by Gasteiger charge is -2.30. The lowest BCUT2D eigenvalue weighted by molar-refractivity contribution is 0.257. The largest absolute Gasteiger partial charge is 0.370 e. The van der Waals surface area contributed by atoms with Crippen molar-refractivity contribution in [2.24, 2.45) is 0 Å². The summed E-state index contributed by atoms with van der Waals surface area (Å²) in [6, 6.07) is 7.37. The summed E-state index contributed by atoms with van der Waals surface area (Å²) in [5, 5.41) is 3.24. The van der Waals surface area contributed by atoms with Crippen molar-refractivity contribution in [1.82, 2.24) is 10.2 Å². The quantitative estimate of drug-likeness (QED) is 0.879. The second kappa shape index (κ2) is 6.16. The number of hydrogen-bond acceptors (Lipinski definition) is 3. The Bertz CT molecular complexity index is 383. The highest BCUT2D eigenvalue weighted by Gasteiger charge is 2.21. The molecule has 0 saturated carbocycles. The zero-order chi connectivity index (χ0) is 13.0. The number of nitrogens with one attached hydrogen (secondary N) is 1. The average Bonchev–Trinajstić information content (AvgIpc) is 2.53. The van der Waals surface area contributed by atoms with Gasteiger partial charge in [-0.1, -0.05) is 6.07 Å². The van der Waals surface area contributed by atoms with Crippen LogP contribution in [-0.4, -0.2) is 51.2 Å². The molecule has 0 spiro atoms. The van der Waals surface area contributed by atoms with Crippen molar-refractivity contribution in [2.75, 3.05) is 45.2 Å². The number of benzene rings is 1. The summed E-state index contributed by atoms with van der Waals surface area (Å²) in [7, 11) is 4.14. The Hall–Kier alpha value is -1.13. The molecular formula is C14H22FN3. The van der Waals surface area contributed by atoms with E-state index in [1.807, 2.05) is 13.1 Å². The minimum atomic E-state index is -0.157. The third kappa shape index (κ3) is 3.21. The smallest absolute Gasteiger partial charge is 0.125 e. The Morgan fingerprint density at radius 3 is 2.94 bits per heavy atom. The van der Waals surface area contributed by atoms with E-state index in [1.54, 1.807) is 12.1 Å². The zero-order valence-electron chi connectivity index (χ0n) is 11.2. The van der Waals surface area contributed by atoms with Gasteiger partial charge in [-0.3, -0.25) is 0 Å². The third-order valence-electron chi connectivity index (χ3n) is 3.61. The molecule has 0 bridgehead atoms. The molecule has 1 aromatic carbocycles. The number of anilines is 1. The maximum Gasteiger partial charge on any atom is 0.125 e. The van der Waals surface area contributed by atoms with Gasteiger partial charge in [-0.25, -0.2) is 4.39 Å². The summed E-state index contributed by atoms with van der Waals surface area (Å²) in [6.45, 7) is 4.00. The molecule has 1 fully saturated rings. The van der Waals surface area contributed by atoms with Gasteiger partial charge in [-0.2, -0.15) is 0 Å². The van der Waals surface area contributed by atoms with Crippen molar-refractivity contribution < 1.29 is 4.39 Å². The lowest BCUT2D eigenvalue weighted by atomic mass is 10.2. The number of halogens is 1.